The summed E-state index contributed by atoms with van der Waals surface area (Å²) in [5.74, 6) is 1.04. The summed E-state index contributed by atoms with van der Waals surface area (Å²) in [5.41, 5.74) is 2.60. The number of carbonyl (C=O) groups excluding carboxylic acids is 1. The van der Waals surface area contributed by atoms with Crippen molar-refractivity contribution in [2.24, 2.45) is 11.1 Å². The fraction of sp³-hybridized carbons (Fsp3) is 0.467. The molecule has 0 aliphatic carbocycles. The minimum absolute atomic E-state index is 0.0449. The highest BCUT2D eigenvalue weighted by molar-refractivity contribution is 5.96. The molecule has 1 amide bonds. The summed E-state index contributed by atoms with van der Waals surface area (Å²) in [6.07, 6.45) is 1.51. The zero-order valence-electron chi connectivity index (χ0n) is 11.5. The molecule has 5 heteroatoms. The van der Waals surface area contributed by atoms with E-state index < -0.39 is 0 Å². The highest BCUT2D eigenvalue weighted by atomic mass is 16.5. The van der Waals surface area contributed by atoms with Gasteiger partial charge in [0, 0.05) is 37.4 Å². The minimum atomic E-state index is 0.0449. The molecule has 1 unspecified atom stereocenters. The summed E-state index contributed by atoms with van der Waals surface area (Å²) in [7, 11) is 0. The van der Waals surface area contributed by atoms with Crippen LogP contribution in [0.25, 0.3) is 0 Å². The molecule has 1 atom stereocenters. The molecular weight excluding hydrogens is 256 g/mol. The third-order valence-electron chi connectivity index (χ3n) is 4.05. The SMILES string of the molecule is CC1CN(C(=O)c2ccc3c(c2)CCO3)CC/C1=N\O. The summed E-state index contributed by atoms with van der Waals surface area (Å²) in [4.78, 5) is 14.4. The van der Waals surface area contributed by atoms with Crippen molar-refractivity contribution in [3.8, 4) is 5.75 Å². The van der Waals surface area contributed by atoms with Crippen LogP contribution in [0.4, 0.5) is 0 Å². The number of hydrogen-bond acceptors (Lipinski definition) is 4. The molecule has 1 fully saturated rings. The van der Waals surface area contributed by atoms with E-state index in [0.717, 1.165) is 23.4 Å². The van der Waals surface area contributed by atoms with Crippen molar-refractivity contribution in [3.63, 3.8) is 0 Å². The van der Waals surface area contributed by atoms with Gasteiger partial charge in [0.2, 0.25) is 0 Å². The molecule has 2 heterocycles. The molecule has 5 nitrogen and oxygen atoms in total. The fourth-order valence-corrected chi connectivity index (χ4v) is 2.86. The number of rotatable bonds is 1. The number of nitrogens with zero attached hydrogens (tertiary/aromatic N) is 2. The van der Waals surface area contributed by atoms with Crippen LogP contribution in [0, 0.1) is 5.92 Å². The highest BCUT2D eigenvalue weighted by Crippen LogP contribution is 2.27. The number of fused-ring (bicyclic) bond motifs is 1. The largest absolute Gasteiger partial charge is 0.493 e. The van der Waals surface area contributed by atoms with Crippen LogP contribution in [0.1, 0.15) is 29.3 Å². The Morgan fingerprint density at radius 2 is 2.30 bits per heavy atom. The molecule has 106 valence electrons. The molecule has 3 rings (SSSR count). The quantitative estimate of drug-likeness (QED) is 0.629. The summed E-state index contributed by atoms with van der Waals surface area (Å²) < 4.78 is 5.46. The first-order valence-electron chi connectivity index (χ1n) is 6.95. The molecule has 0 radical (unpaired) electrons. The smallest absolute Gasteiger partial charge is 0.253 e. The van der Waals surface area contributed by atoms with Crippen LogP contribution in [0.3, 0.4) is 0 Å². The van der Waals surface area contributed by atoms with Gasteiger partial charge < -0.3 is 14.8 Å². The second kappa shape index (κ2) is 5.15. The first-order valence-corrected chi connectivity index (χ1v) is 6.95. The van der Waals surface area contributed by atoms with E-state index in [2.05, 4.69) is 5.16 Å². The molecule has 2 aliphatic heterocycles. The predicted octanol–water partition coefficient (Wildman–Crippen LogP) is 1.93. The second-order valence-corrected chi connectivity index (χ2v) is 5.41. The molecule has 20 heavy (non-hydrogen) atoms. The van der Waals surface area contributed by atoms with E-state index in [1.165, 1.54) is 0 Å². The van der Waals surface area contributed by atoms with Gasteiger partial charge >= 0.3 is 0 Å². The van der Waals surface area contributed by atoms with E-state index in [1.54, 1.807) is 0 Å². The maximum absolute atomic E-state index is 12.5. The Hall–Kier alpha value is -2.04. The molecular formula is C15H18N2O3. The lowest BCUT2D eigenvalue weighted by Crippen LogP contribution is -2.43. The number of oxime groups is 1. The van der Waals surface area contributed by atoms with E-state index >= 15 is 0 Å². The molecule has 2 aliphatic rings. The van der Waals surface area contributed by atoms with Gasteiger partial charge in [0.05, 0.1) is 12.3 Å². The summed E-state index contributed by atoms with van der Waals surface area (Å²) in [6, 6.07) is 5.64. The van der Waals surface area contributed by atoms with Gasteiger partial charge in [-0.25, -0.2) is 0 Å². The van der Waals surface area contributed by atoms with Gasteiger partial charge in [-0.15, -0.1) is 0 Å². The summed E-state index contributed by atoms with van der Waals surface area (Å²) in [6.45, 7) is 3.89. The number of carbonyl (C=O) groups is 1. The molecule has 1 N–H and O–H groups in total. The van der Waals surface area contributed by atoms with Crippen LogP contribution in [0.2, 0.25) is 0 Å². The van der Waals surface area contributed by atoms with E-state index in [4.69, 9.17) is 9.94 Å². The zero-order chi connectivity index (χ0) is 14.1. The van der Waals surface area contributed by atoms with Crippen LogP contribution < -0.4 is 4.74 Å². The first kappa shape index (κ1) is 13.0. The Balaban J connectivity index is 1.76. The average Bonchev–Trinajstić information content (AvgIpc) is 2.93. The van der Waals surface area contributed by atoms with Gasteiger partial charge in [-0.05, 0) is 23.8 Å². The van der Waals surface area contributed by atoms with Crippen molar-refractivity contribution < 1.29 is 14.7 Å². The van der Waals surface area contributed by atoms with Crippen LogP contribution in [0.5, 0.6) is 5.75 Å². The number of benzene rings is 1. The van der Waals surface area contributed by atoms with E-state index in [0.29, 0.717) is 31.7 Å². The fourth-order valence-electron chi connectivity index (χ4n) is 2.86. The maximum Gasteiger partial charge on any atom is 0.253 e. The molecule has 0 bridgehead atoms. The second-order valence-electron chi connectivity index (χ2n) is 5.41. The van der Waals surface area contributed by atoms with Crippen molar-refractivity contribution in [1.29, 1.82) is 0 Å². The Morgan fingerprint density at radius 1 is 1.45 bits per heavy atom. The lowest BCUT2D eigenvalue weighted by molar-refractivity contribution is 0.0734. The third-order valence-corrected chi connectivity index (χ3v) is 4.05. The topological polar surface area (TPSA) is 62.1 Å². The minimum Gasteiger partial charge on any atom is -0.493 e. The zero-order valence-corrected chi connectivity index (χ0v) is 11.5. The normalized spacial score (nSPS) is 23.6. The molecule has 0 aromatic heterocycles. The van der Waals surface area contributed by atoms with Crippen LogP contribution in [-0.2, 0) is 6.42 Å². The highest BCUT2D eigenvalue weighted by Gasteiger charge is 2.27. The van der Waals surface area contributed by atoms with Crippen molar-refractivity contribution in [1.82, 2.24) is 4.90 Å². The molecule has 0 saturated carbocycles. The van der Waals surface area contributed by atoms with Gasteiger partial charge in [-0.1, -0.05) is 12.1 Å². The number of amides is 1. The Kier molecular flexibility index (Phi) is 3.34. The predicted molar refractivity (Wildman–Crippen MR) is 74.5 cm³/mol. The molecule has 1 aromatic carbocycles. The van der Waals surface area contributed by atoms with Gasteiger partial charge in [0.25, 0.3) is 5.91 Å². The van der Waals surface area contributed by atoms with Gasteiger partial charge in [-0.3, -0.25) is 4.79 Å². The van der Waals surface area contributed by atoms with E-state index in [9.17, 15) is 4.79 Å². The summed E-state index contributed by atoms with van der Waals surface area (Å²) >= 11 is 0. The van der Waals surface area contributed by atoms with E-state index in [1.807, 2.05) is 30.0 Å². The van der Waals surface area contributed by atoms with Crippen molar-refractivity contribution in [2.45, 2.75) is 19.8 Å². The first-order chi connectivity index (χ1) is 9.69. The average molecular weight is 274 g/mol. The Bertz CT molecular complexity index is 568. The lowest BCUT2D eigenvalue weighted by atomic mass is 9.96. The lowest BCUT2D eigenvalue weighted by Gasteiger charge is -2.31. The monoisotopic (exact) mass is 274 g/mol. The van der Waals surface area contributed by atoms with E-state index in [-0.39, 0.29) is 11.8 Å². The van der Waals surface area contributed by atoms with Gasteiger partial charge in [0.15, 0.2) is 0 Å². The standard InChI is InChI=1S/C15H18N2O3/c1-10-9-17(6-4-13(10)16-19)15(18)12-2-3-14-11(8-12)5-7-20-14/h2-3,8,10,19H,4-7,9H2,1H3/b16-13+. The number of hydrogen-bond donors (Lipinski definition) is 1. The van der Waals surface area contributed by atoms with Crippen LogP contribution in [0.15, 0.2) is 23.4 Å². The molecule has 1 saturated heterocycles. The van der Waals surface area contributed by atoms with Crippen molar-refractivity contribution in [2.75, 3.05) is 19.7 Å². The van der Waals surface area contributed by atoms with Crippen molar-refractivity contribution in [3.05, 3.63) is 29.3 Å². The Labute approximate surface area is 117 Å². The van der Waals surface area contributed by atoms with Gasteiger partial charge in [-0.2, -0.15) is 0 Å². The van der Waals surface area contributed by atoms with Crippen molar-refractivity contribution >= 4 is 11.6 Å². The molecule has 1 aromatic rings. The number of piperidine rings is 1. The third kappa shape index (κ3) is 2.24. The Morgan fingerprint density at radius 3 is 3.05 bits per heavy atom. The van der Waals surface area contributed by atoms with Crippen LogP contribution >= 0.6 is 0 Å². The maximum atomic E-state index is 12.5. The number of likely N-dealkylation sites (tertiary alicyclic amines) is 1. The summed E-state index contributed by atoms with van der Waals surface area (Å²) in [5, 5.41) is 12.2. The van der Waals surface area contributed by atoms with Crippen LogP contribution in [-0.4, -0.2) is 41.4 Å². The van der Waals surface area contributed by atoms with Gasteiger partial charge in [0.1, 0.15) is 5.75 Å². The molecule has 0 spiro atoms. The number of ether oxygens (including phenoxy) is 1.